The van der Waals surface area contributed by atoms with Crippen LogP contribution in [0.1, 0.15) is 58.0 Å². The third-order valence-electron chi connectivity index (χ3n) is 3.23. The van der Waals surface area contributed by atoms with E-state index < -0.39 is 0 Å². The number of aromatic nitrogens is 1. The molecule has 2 unspecified atom stereocenters. The van der Waals surface area contributed by atoms with Crippen LogP contribution in [0.5, 0.6) is 0 Å². The highest BCUT2D eigenvalue weighted by Crippen LogP contribution is 2.24. The number of pyridine rings is 1. The average Bonchev–Trinajstić information content (AvgIpc) is 2.27. The van der Waals surface area contributed by atoms with Gasteiger partial charge in [-0.1, -0.05) is 33.8 Å². The fraction of sp³-hybridized carbons (Fsp3) is 0.688. The summed E-state index contributed by atoms with van der Waals surface area (Å²) >= 11 is 0. The monoisotopic (exact) mass is 248 g/mol. The van der Waals surface area contributed by atoms with Gasteiger partial charge in [0.1, 0.15) is 0 Å². The Labute approximate surface area is 112 Å². The van der Waals surface area contributed by atoms with E-state index in [1.807, 2.05) is 0 Å². The molecule has 0 aliphatic carbocycles. The number of nitrogens with zero attached hydrogens (tertiary/aromatic N) is 1. The summed E-state index contributed by atoms with van der Waals surface area (Å²) in [4.78, 5) is 4.66. The van der Waals surface area contributed by atoms with Crippen LogP contribution in [-0.4, -0.2) is 11.5 Å². The SMILES string of the molecule is CCNC(CC(C)CC(C)C)c1cccc(C)n1. The molecule has 0 aromatic carbocycles. The van der Waals surface area contributed by atoms with Crippen molar-refractivity contribution in [3.05, 3.63) is 29.6 Å². The largest absolute Gasteiger partial charge is 0.309 e. The van der Waals surface area contributed by atoms with Crippen molar-refractivity contribution in [2.75, 3.05) is 6.54 Å². The smallest absolute Gasteiger partial charge is 0.0576 e. The zero-order valence-electron chi connectivity index (χ0n) is 12.5. The Kier molecular flexibility index (Phi) is 6.34. The minimum absolute atomic E-state index is 0.392. The van der Waals surface area contributed by atoms with Crippen LogP contribution < -0.4 is 5.32 Å². The Bertz CT molecular complexity index is 347. The normalized spacial score (nSPS) is 14.8. The van der Waals surface area contributed by atoms with E-state index in [-0.39, 0.29) is 0 Å². The van der Waals surface area contributed by atoms with Crippen LogP contribution in [0.3, 0.4) is 0 Å². The molecule has 2 nitrogen and oxygen atoms in total. The van der Waals surface area contributed by atoms with Gasteiger partial charge in [0.05, 0.1) is 5.69 Å². The van der Waals surface area contributed by atoms with Crippen molar-refractivity contribution in [3.63, 3.8) is 0 Å². The minimum Gasteiger partial charge on any atom is -0.309 e. The van der Waals surface area contributed by atoms with E-state index >= 15 is 0 Å². The first-order valence-corrected chi connectivity index (χ1v) is 7.19. The summed E-state index contributed by atoms with van der Waals surface area (Å²) in [5, 5.41) is 3.57. The predicted molar refractivity (Wildman–Crippen MR) is 78.6 cm³/mol. The molecule has 1 aromatic rings. The van der Waals surface area contributed by atoms with E-state index in [4.69, 9.17) is 0 Å². The molecule has 18 heavy (non-hydrogen) atoms. The molecule has 0 spiro atoms. The number of nitrogens with one attached hydrogen (secondary N) is 1. The molecule has 2 heteroatoms. The first-order valence-electron chi connectivity index (χ1n) is 7.19. The second kappa shape index (κ2) is 7.52. The zero-order chi connectivity index (χ0) is 13.5. The van der Waals surface area contributed by atoms with E-state index in [1.54, 1.807) is 0 Å². The highest BCUT2D eigenvalue weighted by Gasteiger charge is 2.16. The number of rotatable bonds is 7. The van der Waals surface area contributed by atoms with Gasteiger partial charge in [-0.25, -0.2) is 0 Å². The lowest BCUT2D eigenvalue weighted by Crippen LogP contribution is -2.24. The summed E-state index contributed by atoms with van der Waals surface area (Å²) in [6.45, 7) is 12.2. The molecule has 2 atom stereocenters. The lowest BCUT2D eigenvalue weighted by atomic mass is 9.91. The second-order valence-electron chi connectivity index (χ2n) is 5.78. The van der Waals surface area contributed by atoms with E-state index in [0.29, 0.717) is 6.04 Å². The third kappa shape index (κ3) is 5.18. The first-order chi connectivity index (χ1) is 8.52. The number of aryl methyl sites for hydroxylation is 1. The molecule has 0 saturated carbocycles. The Balaban J connectivity index is 2.70. The maximum absolute atomic E-state index is 4.66. The molecule has 0 amide bonds. The van der Waals surface area contributed by atoms with Crippen LogP contribution in [0.2, 0.25) is 0 Å². The van der Waals surface area contributed by atoms with Crippen molar-refractivity contribution in [1.82, 2.24) is 10.3 Å². The fourth-order valence-corrected chi connectivity index (χ4v) is 2.62. The van der Waals surface area contributed by atoms with Crippen LogP contribution in [0, 0.1) is 18.8 Å². The van der Waals surface area contributed by atoms with Crippen LogP contribution in [0.4, 0.5) is 0 Å². The third-order valence-corrected chi connectivity index (χ3v) is 3.23. The highest BCUT2D eigenvalue weighted by atomic mass is 14.9. The highest BCUT2D eigenvalue weighted by molar-refractivity contribution is 5.13. The van der Waals surface area contributed by atoms with Gasteiger partial charge in [0.15, 0.2) is 0 Å². The van der Waals surface area contributed by atoms with E-state index in [0.717, 1.165) is 24.1 Å². The molecule has 0 aliphatic heterocycles. The molecule has 0 bridgehead atoms. The van der Waals surface area contributed by atoms with Crippen LogP contribution in [0.15, 0.2) is 18.2 Å². The summed E-state index contributed by atoms with van der Waals surface area (Å²) in [5.41, 5.74) is 2.29. The van der Waals surface area contributed by atoms with Gasteiger partial charge in [-0.3, -0.25) is 4.98 Å². The number of hydrogen-bond donors (Lipinski definition) is 1. The molecule has 102 valence electrons. The van der Waals surface area contributed by atoms with Crippen LogP contribution in [-0.2, 0) is 0 Å². The Morgan fingerprint density at radius 1 is 1.17 bits per heavy atom. The second-order valence-corrected chi connectivity index (χ2v) is 5.78. The topological polar surface area (TPSA) is 24.9 Å². The molecule has 0 saturated heterocycles. The number of hydrogen-bond acceptors (Lipinski definition) is 2. The van der Waals surface area contributed by atoms with Crippen molar-refractivity contribution in [1.29, 1.82) is 0 Å². The summed E-state index contributed by atoms with van der Waals surface area (Å²) in [7, 11) is 0. The van der Waals surface area contributed by atoms with Gasteiger partial charge in [0.2, 0.25) is 0 Å². The molecular formula is C16H28N2. The van der Waals surface area contributed by atoms with Gasteiger partial charge < -0.3 is 5.32 Å². The Hall–Kier alpha value is -0.890. The van der Waals surface area contributed by atoms with Crippen molar-refractivity contribution < 1.29 is 0 Å². The van der Waals surface area contributed by atoms with Gasteiger partial charge in [-0.05, 0) is 50.3 Å². The molecular weight excluding hydrogens is 220 g/mol. The van der Waals surface area contributed by atoms with Gasteiger partial charge in [0, 0.05) is 11.7 Å². The van der Waals surface area contributed by atoms with Gasteiger partial charge >= 0.3 is 0 Å². The van der Waals surface area contributed by atoms with Crippen molar-refractivity contribution >= 4 is 0 Å². The standard InChI is InChI=1S/C16H28N2/c1-6-17-16(11-13(4)10-12(2)3)15-9-7-8-14(5)18-15/h7-9,12-13,16-17H,6,10-11H2,1-5H3. The van der Waals surface area contributed by atoms with E-state index in [9.17, 15) is 0 Å². The van der Waals surface area contributed by atoms with Gasteiger partial charge in [0.25, 0.3) is 0 Å². The van der Waals surface area contributed by atoms with Crippen molar-refractivity contribution in [2.45, 2.75) is 53.5 Å². The van der Waals surface area contributed by atoms with Crippen LogP contribution >= 0.6 is 0 Å². The molecule has 1 aromatic heterocycles. The summed E-state index contributed by atoms with van der Waals surface area (Å²) in [6, 6.07) is 6.70. The Morgan fingerprint density at radius 3 is 2.44 bits per heavy atom. The lowest BCUT2D eigenvalue weighted by molar-refractivity contribution is 0.355. The maximum atomic E-state index is 4.66. The Morgan fingerprint density at radius 2 is 1.89 bits per heavy atom. The molecule has 0 aliphatic rings. The summed E-state index contributed by atoms with van der Waals surface area (Å²) < 4.78 is 0. The van der Waals surface area contributed by atoms with Crippen molar-refractivity contribution in [3.8, 4) is 0 Å². The van der Waals surface area contributed by atoms with E-state index in [2.05, 4.69) is 63.1 Å². The van der Waals surface area contributed by atoms with Gasteiger partial charge in [-0.15, -0.1) is 0 Å². The lowest BCUT2D eigenvalue weighted by Gasteiger charge is -2.22. The summed E-state index contributed by atoms with van der Waals surface area (Å²) in [5.74, 6) is 1.50. The first kappa shape index (κ1) is 15.2. The fourth-order valence-electron chi connectivity index (χ4n) is 2.62. The quantitative estimate of drug-likeness (QED) is 0.785. The zero-order valence-corrected chi connectivity index (χ0v) is 12.5. The molecule has 1 rings (SSSR count). The van der Waals surface area contributed by atoms with Crippen LogP contribution in [0.25, 0.3) is 0 Å². The average molecular weight is 248 g/mol. The molecule has 1 N–H and O–H groups in total. The maximum Gasteiger partial charge on any atom is 0.0576 e. The predicted octanol–water partition coefficient (Wildman–Crippen LogP) is 4.11. The van der Waals surface area contributed by atoms with E-state index in [1.165, 1.54) is 18.5 Å². The van der Waals surface area contributed by atoms with Gasteiger partial charge in [-0.2, -0.15) is 0 Å². The summed E-state index contributed by atoms with van der Waals surface area (Å²) in [6.07, 6.45) is 2.45. The van der Waals surface area contributed by atoms with Crippen molar-refractivity contribution in [2.24, 2.45) is 11.8 Å². The molecule has 0 radical (unpaired) electrons. The minimum atomic E-state index is 0.392. The molecule has 0 fully saturated rings. The molecule has 1 heterocycles.